The molecule has 1 aromatic heterocycles. The van der Waals surface area contributed by atoms with Gasteiger partial charge in [-0.2, -0.15) is 22.0 Å². The first kappa shape index (κ1) is 26.4. The van der Waals surface area contributed by atoms with Crippen molar-refractivity contribution in [1.82, 2.24) is 4.98 Å². The van der Waals surface area contributed by atoms with E-state index in [1.807, 2.05) is 0 Å². The lowest BCUT2D eigenvalue weighted by molar-refractivity contribution is -0.150. The van der Waals surface area contributed by atoms with E-state index in [9.17, 15) is 35.2 Å². The van der Waals surface area contributed by atoms with E-state index in [4.69, 9.17) is 0 Å². The van der Waals surface area contributed by atoms with Gasteiger partial charge in [-0.05, 0) is 43.2 Å². The number of anilines is 1. The predicted octanol–water partition coefficient (Wildman–Crippen LogP) is 5.82. The first-order valence-electron chi connectivity index (χ1n) is 10.6. The molecule has 12 heteroatoms. The fourth-order valence-electron chi connectivity index (χ4n) is 3.69. The molecule has 1 aliphatic rings. The summed E-state index contributed by atoms with van der Waals surface area (Å²) in [6, 6.07) is 6.26. The average Bonchev–Trinajstić information content (AvgIpc) is 2.80. The fourth-order valence-corrected chi connectivity index (χ4v) is 6.33. The van der Waals surface area contributed by atoms with E-state index < -0.39 is 50.0 Å². The Morgan fingerprint density at radius 2 is 1.76 bits per heavy atom. The Hall–Kier alpha value is -2.21. The first-order chi connectivity index (χ1) is 15.9. The number of nitrogens with zero attached hydrogens (tertiary/aromatic N) is 1. The second-order valence-electron chi connectivity index (χ2n) is 7.96. The van der Waals surface area contributed by atoms with Crippen LogP contribution in [0.25, 0.3) is 0 Å². The van der Waals surface area contributed by atoms with Crippen molar-refractivity contribution in [2.75, 3.05) is 16.8 Å². The van der Waals surface area contributed by atoms with Gasteiger partial charge in [-0.1, -0.05) is 25.3 Å². The van der Waals surface area contributed by atoms with Crippen LogP contribution in [0.15, 0.2) is 52.5 Å². The van der Waals surface area contributed by atoms with Crippen molar-refractivity contribution in [3.05, 3.63) is 48.2 Å². The first-order valence-corrected chi connectivity index (χ1v) is 13.2. The molecule has 0 spiro atoms. The highest BCUT2D eigenvalue weighted by Gasteiger charge is 2.47. The Balaban J connectivity index is 1.66. The molecule has 0 unspecified atom stereocenters. The number of nitrogens with one attached hydrogen (secondary N) is 1. The third kappa shape index (κ3) is 6.47. The Morgan fingerprint density at radius 1 is 1.06 bits per heavy atom. The van der Waals surface area contributed by atoms with E-state index in [-0.39, 0.29) is 29.3 Å². The van der Waals surface area contributed by atoms with E-state index in [0.717, 1.165) is 36.4 Å². The minimum absolute atomic E-state index is 0.0180. The smallest absolute Gasteiger partial charge is 0.318 e. The number of carbonyl (C=O) groups is 1. The van der Waals surface area contributed by atoms with Crippen LogP contribution in [0.2, 0.25) is 0 Å². The summed E-state index contributed by atoms with van der Waals surface area (Å²) in [5.41, 5.74) is -1.06. The predicted molar refractivity (Wildman–Crippen MR) is 119 cm³/mol. The van der Waals surface area contributed by atoms with Gasteiger partial charge < -0.3 is 5.32 Å². The molecule has 0 atom stereocenters. The zero-order valence-electron chi connectivity index (χ0n) is 17.9. The van der Waals surface area contributed by atoms with Crippen LogP contribution in [0.5, 0.6) is 0 Å². The maximum absolute atomic E-state index is 14.6. The highest BCUT2D eigenvalue weighted by atomic mass is 32.2. The second kappa shape index (κ2) is 10.6. The molecule has 0 aliphatic heterocycles. The fraction of sp³-hybridized carbons (Fsp3) is 0.455. The molecule has 0 bridgehead atoms. The van der Waals surface area contributed by atoms with Crippen LogP contribution in [0.1, 0.15) is 37.7 Å². The third-order valence-corrected chi connectivity index (χ3v) is 8.53. The molecule has 5 nitrogen and oxygen atoms in total. The molecule has 1 heterocycles. The van der Waals surface area contributed by atoms with Crippen molar-refractivity contribution >= 4 is 33.2 Å². The van der Waals surface area contributed by atoms with Crippen molar-refractivity contribution < 1.29 is 35.2 Å². The van der Waals surface area contributed by atoms with Crippen LogP contribution in [0, 0.1) is 5.92 Å². The number of halogens is 5. The van der Waals surface area contributed by atoms with Crippen LogP contribution in [0.3, 0.4) is 0 Å². The summed E-state index contributed by atoms with van der Waals surface area (Å²) >= 11 is 0.894. The molecule has 2 aromatic rings. The number of hydrogen-bond donors (Lipinski definition) is 1. The number of sulfone groups is 1. The summed E-state index contributed by atoms with van der Waals surface area (Å²) in [7, 11) is -4.04. The molecule has 1 aliphatic carbocycles. The van der Waals surface area contributed by atoms with Gasteiger partial charge >= 0.3 is 12.1 Å². The van der Waals surface area contributed by atoms with Crippen molar-refractivity contribution in [2.24, 2.45) is 5.92 Å². The van der Waals surface area contributed by atoms with E-state index in [1.165, 1.54) is 18.3 Å². The summed E-state index contributed by atoms with van der Waals surface area (Å²) in [6.07, 6.45) is -0.644. The molecule has 1 aromatic carbocycles. The van der Waals surface area contributed by atoms with Crippen molar-refractivity contribution in [2.45, 2.75) is 54.1 Å². The standard InChI is InChI=1S/C22H23F5N2O3S2/c23-21(24,15-6-2-1-3-7-15)20(30)29-18-10-5-11-28-19(18)33-12-13-34(31,32)17-9-4-8-16(14-17)22(25,26)27/h4-5,8-11,14-15H,1-3,6-7,12-13H2,(H,29,30). The maximum atomic E-state index is 14.6. The van der Waals surface area contributed by atoms with Gasteiger partial charge in [-0.15, -0.1) is 11.8 Å². The minimum Gasteiger partial charge on any atom is -0.318 e. The Labute approximate surface area is 198 Å². The zero-order valence-corrected chi connectivity index (χ0v) is 19.6. The number of amides is 1. The van der Waals surface area contributed by atoms with Crippen molar-refractivity contribution in [1.29, 1.82) is 0 Å². The lowest BCUT2D eigenvalue weighted by atomic mass is 9.84. The second-order valence-corrected chi connectivity index (χ2v) is 11.2. The number of carbonyl (C=O) groups excluding carboxylic acids is 1. The summed E-state index contributed by atoms with van der Waals surface area (Å²) < 4.78 is 92.9. The SMILES string of the molecule is O=C(Nc1cccnc1SCCS(=O)(=O)c1cccc(C(F)(F)F)c1)C(F)(F)C1CCCCC1. The maximum Gasteiger partial charge on any atom is 0.416 e. The Bertz CT molecular complexity index is 1120. The van der Waals surface area contributed by atoms with E-state index >= 15 is 0 Å². The van der Waals surface area contributed by atoms with Gasteiger partial charge in [0.2, 0.25) is 0 Å². The summed E-state index contributed by atoms with van der Waals surface area (Å²) in [4.78, 5) is 15.9. The number of rotatable bonds is 8. The number of benzene rings is 1. The zero-order chi connectivity index (χ0) is 25.0. The number of thioether (sulfide) groups is 1. The topological polar surface area (TPSA) is 76.1 Å². The molecule has 0 radical (unpaired) electrons. The lowest BCUT2D eigenvalue weighted by Gasteiger charge is -2.29. The normalized spacial score (nSPS) is 15.8. The van der Waals surface area contributed by atoms with Crippen LogP contribution in [-0.2, 0) is 20.8 Å². The van der Waals surface area contributed by atoms with E-state index in [1.54, 1.807) is 0 Å². The average molecular weight is 523 g/mol. The van der Waals surface area contributed by atoms with E-state index in [0.29, 0.717) is 18.9 Å². The third-order valence-electron chi connectivity index (χ3n) is 5.55. The molecule has 0 saturated heterocycles. The molecule has 1 amide bonds. The monoisotopic (exact) mass is 522 g/mol. The molecule has 1 saturated carbocycles. The molecule has 1 N–H and O–H groups in total. The Morgan fingerprint density at radius 3 is 2.44 bits per heavy atom. The van der Waals surface area contributed by atoms with Crippen LogP contribution in [-0.4, -0.2) is 36.7 Å². The molecule has 186 valence electrons. The van der Waals surface area contributed by atoms with Gasteiger partial charge in [0.05, 0.1) is 21.9 Å². The number of hydrogen-bond acceptors (Lipinski definition) is 5. The number of aromatic nitrogens is 1. The van der Waals surface area contributed by atoms with Gasteiger partial charge in [0.15, 0.2) is 9.84 Å². The summed E-state index contributed by atoms with van der Waals surface area (Å²) in [6.45, 7) is 0. The Kier molecular flexibility index (Phi) is 8.22. The van der Waals surface area contributed by atoms with Crippen LogP contribution in [0.4, 0.5) is 27.6 Å². The highest BCUT2D eigenvalue weighted by Crippen LogP contribution is 2.38. The van der Waals surface area contributed by atoms with Crippen LogP contribution < -0.4 is 5.32 Å². The molecule has 34 heavy (non-hydrogen) atoms. The molecule has 3 rings (SSSR count). The molecular formula is C22H23F5N2O3S2. The van der Waals surface area contributed by atoms with Gasteiger partial charge in [-0.3, -0.25) is 4.79 Å². The van der Waals surface area contributed by atoms with Crippen LogP contribution >= 0.6 is 11.8 Å². The minimum atomic E-state index is -4.68. The van der Waals surface area contributed by atoms with E-state index in [2.05, 4.69) is 10.3 Å². The number of pyridine rings is 1. The van der Waals surface area contributed by atoms with Gasteiger partial charge in [0, 0.05) is 17.9 Å². The molecule has 1 fully saturated rings. The molecular weight excluding hydrogens is 499 g/mol. The van der Waals surface area contributed by atoms with Crippen molar-refractivity contribution in [3.8, 4) is 0 Å². The highest BCUT2D eigenvalue weighted by molar-refractivity contribution is 8.00. The summed E-state index contributed by atoms with van der Waals surface area (Å²) in [5.74, 6) is -6.65. The largest absolute Gasteiger partial charge is 0.416 e. The van der Waals surface area contributed by atoms with Gasteiger partial charge in [-0.25, -0.2) is 13.4 Å². The summed E-state index contributed by atoms with van der Waals surface area (Å²) in [5, 5.41) is 2.34. The number of alkyl halides is 5. The van der Waals surface area contributed by atoms with Gasteiger partial charge in [0.25, 0.3) is 5.91 Å². The lowest BCUT2D eigenvalue weighted by Crippen LogP contribution is -2.42. The van der Waals surface area contributed by atoms with Gasteiger partial charge in [0.1, 0.15) is 5.03 Å². The quantitative estimate of drug-likeness (QED) is 0.349. The van der Waals surface area contributed by atoms with Crippen molar-refractivity contribution in [3.63, 3.8) is 0 Å².